The molecule has 1 aliphatic rings. The van der Waals surface area contributed by atoms with E-state index < -0.39 is 0 Å². The van der Waals surface area contributed by atoms with Gasteiger partial charge in [0.2, 0.25) is 5.91 Å². The number of nitrogens with zero attached hydrogens (tertiary/aromatic N) is 1. The molecule has 2 N–H and O–H groups in total. The number of rotatable bonds is 5. The Balaban J connectivity index is 2.00. The summed E-state index contributed by atoms with van der Waals surface area (Å²) in [6, 6.07) is 7.97. The lowest BCUT2D eigenvalue weighted by atomic mass is 9.91. The van der Waals surface area contributed by atoms with Crippen LogP contribution in [0.25, 0.3) is 0 Å². The number of carbonyl (C=O) groups excluding carboxylic acids is 1. The molecule has 21 heavy (non-hydrogen) atoms. The van der Waals surface area contributed by atoms with Gasteiger partial charge < -0.3 is 15.4 Å². The Morgan fingerprint density at radius 3 is 2.86 bits per heavy atom. The lowest BCUT2D eigenvalue weighted by molar-refractivity contribution is -0.132. The number of nitrogens with two attached hydrogens (primary N) is 1. The quantitative estimate of drug-likeness (QED) is 0.906. The van der Waals surface area contributed by atoms with Gasteiger partial charge in [0.05, 0.1) is 12.5 Å². The van der Waals surface area contributed by atoms with Crippen LogP contribution in [-0.4, -0.2) is 37.0 Å². The van der Waals surface area contributed by atoms with E-state index in [0.717, 1.165) is 24.2 Å². The Kier molecular flexibility index (Phi) is 5.23. The minimum Gasteiger partial charge on any atom is -0.493 e. The number of likely N-dealkylation sites (N-methyl/N-ethyl adjacent to an activating group) is 1. The van der Waals surface area contributed by atoms with Gasteiger partial charge in [0.25, 0.3) is 0 Å². The van der Waals surface area contributed by atoms with E-state index in [2.05, 4.69) is 13.8 Å². The zero-order valence-corrected chi connectivity index (χ0v) is 13.2. The first kappa shape index (κ1) is 15.8. The molecule has 0 aromatic heterocycles. The van der Waals surface area contributed by atoms with Crippen molar-refractivity contribution in [3.8, 4) is 5.75 Å². The highest BCUT2D eigenvalue weighted by Gasteiger charge is 2.29. The number of carbonyl (C=O) groups is 1. The van der Waals surface area contributed by atoms with Gasteiger partial charge in [-0.15, -0.1) is 0 Å². The van der Waals surface area contributed by atoms with Crippen LogP contribution in [0.4, 0.5) is 0 Å². The third kappa shape index (κ3) is 3.76. The third-order valence-electron chi connectivity index (χ3n) is 4.29. The predicted octanol–water partition coefficient (Wildman–Crippen LogP) is 2.38. The standard InChI is InChI=1S/C17H26N2O2/c1-12(2)15(18)8-10-19(3)17(20)14-9-11-21-16-7-5-4-6-13(14)16/h4-7,12,14-15H,8-11,18H2,1-3H3. The van der Waals surface area contributed by atoms with Crippen LogP contribution in [-0.2, 0) is 4.79 Å². The Hall–Kier alpha value is -1.55. The molecule has 1 aliphatic heterocycles. The van der Waals surface area contributed by atoms with Crippen molar-refractivity contribution in [2.24, 2.45) is 11.7 Å². The maximum absolute atomic E-state index is 12.7. The molecule has 0 radical (unpaired) electrons. The minimum absolute atomic E-state index is 0.0878. The van der Waals surface area contributed by atoms with Gasteiger partial charge in [-0.25, -0.2) is 0 Å². The van der Waals surface area contributed by atoms with Crippen LogP contribution in [0.5, 0.6) is 5.75 Å². The fourth-order valence-electron chi connectivity index (χ4n) is 2.65. The number of hydrogen-bond donors (Lipinski definition) is 1. The maximum atomic E-state index is 12.7. The summed E-state index contributed by atoms with van der Waals surface area (Å²) in [5.41, 5.74) is 7.07. The number of benzene rings is 1. The van der Waals surface area contributed by atoms with Gasteiger partial charge in [-0.3, -0.25) is 4.79 Å². The molecule has 4 nitrogen and oxygen atoms in total. The molecule has 2 atom stereocenters. The van der Waals surface area contributed by atoms with Crippen molar-refractivity contribution in [1.29, 1.82) is 0 Å². The molecule has 0 fully saturated rings. The van der Waals surface area contributed by atoms with Gasteiger partial charge in [0, 0.05) is 25.2 Å². The topological polar surface area (TPSA) is 55.6 Å². The second-order valence-corrected chi connectivity index (χ2v) is 6.18. The highest BCUT2D eigenvalue weighted by Crippen LogP contribution is 2.34. The summed E-state index contributed by atoms with van der Waals surface area (Å²) in [5.74, 6) is 1.36. The Labute approximate surface area is 127 Å². The molecule has 0 spiro atoms. The monoisotopic (exact) mass is 290 g/mol. The Bertz CT molecular complexity index is 487. The molecule has 0 bridgehead atoms. The summed E-state index contributed by atoms with van der Waals surface area (Å²) < 4.78 is 5.62. The average Bonchev–Trinajstić information content (AvgIpc) is 2.50. The van der Waals surface area contributed by atoms with E-state index in [-0.39, 0.29) is 17.9 Å². The zero-order chi connectivity index (χ0) is 15.4. The molecule has 0 aliphatic carbocycles. The van der Waals surface area contributed by atoms with E-state index in [0.29, 0.717) is 19.1 Å². The minimum atomic E-state index is -0.0878. The zero-order valence-electron chi connectivity index (χ0n) is 13.2. The van der Waals surface area contributed by atoms with E-state index >= 15 is 0 Å². The smallest absolute Gasteiger partial charge is 0.230 e. The highest BCUT2D eigenvalue weighted by atomic mass is 16.5. The van der Waals surface area contributed by atoms with Crippen molar-refractivity contribution in [2.75, 3.05) is 20.2 Å². The van der Waals surface area contributed by atoms with Crippen LogP contribution in [0.3, 0.4) is 0 Å². The van der Waals surface area contributed by atoms with Crippen molar-refractivity contribution in [3.05, 3.63) is 29.8 Å². The molecule has 4 heteroatoms. The second kappa shape index (κ2) is 6.94. The fourth-order valence-corrected chi connectivity index (χ4v) is 2.65. The Morgan fingerprint density at radius 1 is 1.43 bits per heavy atom. The van der Waals surface area contributed by atoms with Crippen LogP contribution < -0.4 is 10.5 Å². The van der Waals surface area contributed by atoms with Crippen molar-refractivity contribution < 1.29 is 9.53 Å². The van der Waals surface area contributed by atoms with Gasteiger partial charge in [-0.2, -0.15) is 0 Å². The van der Waals surface area contributed by atoms with E-state index in [9.17, 15) is 4.79 Å². The number of para-hydroxylation sites is 1. The molecule has 1 aromatic carbocycles. The van der Waals surface area contributed by atoms with Crippen molar-refractivity contribution in [3.63, 3.8) is 0 Å². The van der Waals surface area contributed by atoms with Gasteiger partial charge in [-0.1, -0.05) is 32.0 Å². The summed E-state index contributed by atoms with van der Waals surface area (Å²) in [4.78, 5) is 14.5. The highest BCUT2D eigenvalue weighted by molar-refractivity contribution is 5.84. The van der Waals surface area contributed by atoms with Gasteiger partial charge in [0.1, 0.15) is 5.75 Å². The average molecular weight is 290 g/mol. The van der Waals surface area contributed by atoms with Gasteiger partial charge in [-0.05, 0) is 24.8 Å². The molecule has 0 saturated heterocycles. The van der Waals surface area contributed by atoms with E-state index in [1.807, 2.05) is 36.2 Å². The lowest BCUT2D eigenvalue weighted by Crippen LogP contribution is -2.38. The van der Waals surface area contributed by atoms with Crippen LogP contribution in [0.1, 0.15) is 38.2 Å². The first-order valence-electron chi connectivity index (χ1n) is 7.73. The molecule has 116 valence electrons. The van der Waals surface area contributed by atoms with E-state index in [1.54, 1.807) is 0 Å². The SMILES string of the molecule is CC(C)C(N)CCN(C)C(=O)C1CCOc2ccccc21. The van der Waals surface area contributed by atoms with Crippen LogP contribution >= 0.6 is 0 Å². The van der Waals surface area contributed by atoms with Crippen LogP contribution in [0.2, 0.25) is 0 Å². The summed E-state index contributed by atoms with van der Waals surface area (Å²) in [6.45, 7) is 5.53. The first-order valence-corrected chi connectivity index (χ1v) is 7.73. The molecular weight excluding hydrogens is 264 g/mol. The molecule has 0 saturated carbocycles. The van der Waals surface area contributed by atoms with E-state index in [4.69, 9.17) is 10.5 Å². The van der Waals surface area contributed by atoms with Crippen LogP contribution in [0.15, 0.2) is 24.3 Å². The largest absolute Gasteiger partial charge is 0.493 e. The number of ether oxygens (including phenoxy) is 1. The van der Waals surface area contributed by atoms with Crippen molar-refractivity contribution >= 4 is 5.91 Å². The lowest BCUT2D eigenvalue weighted by Gasteiger charge is -2.29. The van der Waals surface area contributed by atoms with Gasteiger partial charge >= 0.3 is 0 Å². The molecular formula is C17H26N2O2. The van der Waals surface area contributed by atoms with Crippen molar-refractivity contribution in [1.82, 2.24) is 4.90 Å². The predicted molar refractivity (Wildman–Crippen MR) is 84.4 cm³/mol. The third-order valence-corrected chi connectivity index (χ3v) is 4.29. The molecule has 2 unspecified atom stereocenters. The molecule has 1 heterocycles. The summed E-state index contributed by atoms with van der Waals surface area (Å²) in [7, 11) is 1.87. The number of fused-ring (bicyclic) bond motifs is 1. The summed E-state index contributed by atoms with van der Waals surface area (Å²) >= 11 is 0. The summed E-state index contributed by atoms with van der Waals surface area (Å²) in [6.07, 6.45) is 1.58. The van der Waals surface area contributed by atoms with Gasteiger partial charge in [0.15, 0.2) is 0 Å². The normalized spacial score (nSPS) is 18.8. The second-order valence-electron chi connectivity index (χ2n) is 6.18. The summed E-state index contributed by atoms with van der Waals surface area (Å²) in [5, 5.41) is 0. The molecule has 2 rings (SSSR count). The fraction of sp³-hybridized carbons (Fsp3) is 0.588. The molecule has 1 amide bonds. The molecule has 1 aromatic rings. The number of amides is 1. The van der Waals surface area contributed by atoms with Crippen LogP contribution in [0, 0.1) is 5.92 Å². The van der Waals surface area contributed by atoms with Crippen molar-refractivity contribution in [2.45, 2.75) is 38.6 Å². The number of hydrogen-bond acceptors (Lipinski definition) is 3. The Morgan fingerprint density at radius 2 is 2.14 bits per heavy atom. The maximum Gasteiger partial charge on any atom is 0.230 e. The van der Waals surface area contributed by atoms with E-state index in [1.165, 1.54) is 0 Å². The first-order chi connectivity index (χ1) is 10.0.